The van der Waals surface area contributed by atoms with Crippen molar-refractivity contribution < 1.29 is 19.4 Å². The Morgan fingerprint density at radius 2 is 2.24 bits per heavy atom. The van der Waals surface area contributed by atoms with Gasteiger partial charge in [-0.2, -0.15) is 0 Å². The Kier molecular flexibility index (Phi) is 5.19. The summed E-state index contributed by atoms with van der Waals surface area (Å²) >= 11 is 0. The number of carbonyl (C=O) groups is 1. The van der Waals surface area contributed by atoms with Gasteiger partial charge in [-0.1, -0.05) is 26.3 Å². The van der Waals surface area contributed by atoms with Crippen LogP contribution in [0.5, 0.6) is 11.5 Å². The zero-order valence-electron chi connectivity index (χ0n) is 15.4. The molecule has 1 fully saturated rings. The largest absolute Gasteiger partial charge is 0.504 e. The summed E-state index contributed by atoms with van der Waals surface area (Å²) in [5.74, 6) is 1.22. The van der Waals surface area contributed by atoms with Crippen LogP contribution in [0.4, 0.5) is 0 Å². The molecule has 2 aliphatic rings. The van der Waals surface area contributed by atoms with E-state index in [0.717, 1.165) is 43.2 Å². The lowest BCUT2D eigenvalue weighted by molar-refractivity contribution is -0.123. The van der Waals surface area contributed by atoms with Gasteiger partial charge in [-0.3, -0.25) is 4.79 Å². The SMILES string of the molecule is CCC[C@H]1C[C@]2(C(C)Cc3ccc(OC)c(O)c3)OCCC2=CC1=O. The average Bonchev–Trinajstić information content (AvgIpc) is 2.99. The topological polar surface area (TPSA) is 55.8 Å². The molecule has 0 bridgehead atoms. The second-order valence-electron chi connectivity index (χ2n) is 7.36. The Morgan fingerprint density at radius 3 is 2.92 bits per heavy atom. The first-order valence-electron chi connectivity index (χ1n) is 9.25. The van der Waals surface area contributed by atoms with E-state index >= 15 is 0 Å². The third-order valence-corrected chi connectivity index (χ3v) is 5.76. The fourth-order valence-corrected chi connectivity index (χ4v) is 4.42. The van der Waals surface area contributed by atoms with Gasteiger partial charge in [-0.15, -0.1) is 0 Å². The van der Waals surface area contributed by atoms with E-state index in [9.17, 15) is 9.90 Å². The maximum absolute atomic E-state index is 12.4. The van der Waals surface area contributed by atoms with Gasteiger partial charge in [-0.05, 0) is 60.9 Å². The third-order valence-electron chi connectivity index (χ3n) is 5.76. The van der Waals surface area contributed by atoms with Crippen LogP contribution in [0.2, 0.25) is 0 Å². The van der Waals surface area contributed by atoms with Crippen molar-refractivity contribution in [1.29, 1.82) is 0 Å². The summed E-state index contributed by atoms with van der Waals surface area (Å²) in [7, 11) is 1.55. The van der Waals surface area contributed by atoms with Gasteiger partial charge < -0.3 is 14.6 Å². The first kappa shape index (κ1) is 18.0. The minimum atomic E-state index is -0.330. The van der Waals surface area contributed by atoms with Crippen molar-refractivity contribution in [2.75, 3.05) is 13.7 Å². The molecule has 1 aliphatic carbocycles. The van der Waals surface area contributed by atoms with E-state index < -0.39 is 0 Å². The van der Waals surface area contributed by atoms with Crippen molar-refractivity contribution in [2.45, 2.75) is 51.6 Å². The molecule has 1 aliphatic heterocycles. The molecule has 3 rings (SSSR count). The van der Waals surface area contributed by atoms with Gasteiger partial charge in [0.1, 0.15) is 0 Å². The molecule has 1 heterocycles. The van der Waals surface area contributed by atoms with E-state index in [-0.39, 0.29) is 29.0 Å². The first-order chi connectivity index (χ1) is 12.0. The standard InChI is InChI=1S/C21H28O4/c1-4-5-16-13-21(17(8-9-25-21)12-18(16)22)14(2)10-15-6-7-20(24-3)19(23)11-15/h6-7,11-12,14,16,23H,4-5,8-10,13H2,1-3H3/t14?,16-,21+/m0/s1. The summed E-state index contributed by atoms with van der Waals surface area (Å²) in [6.07, 6.45) is 6.22. The van der Waals surface area contributed by atoms with Crippen LogP contribution in [0.25, 0.3) is 0 Å². The molecular formula is C21H28O4. The summed E-state index contributed by atoms with van der Waals surface area (Å²) in [4.78, 5) is 12.4. The van der Waals surface area contributed by atoms with E-state index in [1.165, 1.54) is 0 Å². The van der Waals surface area contributed by atoms with Crippen molar-refractivity contribution >= 4 is 5.78 Å². The molecule has 0 spiro atoms. The number of phenolic OH excluding ortho intramolecular Hbond substituents is 1. The van der Waals surface area contributed by atoms with Gasteiger partial charge >= 0.3 is 0 Å². The van der Waals surface area contributed by atoms with Crippen molar-refractivity contribution in [2.24, 2.45) is 11.8 Å². The predicted octanol–water partition coefficient (Wildman–Crippen LogP) is 4.05. The lowest BCUT2D eigenvalue weighted by Crippen LogP contribution is -2.44. The number of hydrogen-bond donors (Lipinski definition) is 1. The molecule has 136 valence electrons. The van der Waals surface area contributed by atoms with Crippen LogP contribution in [-0.2, 0) is 16.0 Å². The van der Waals surface area contributed by atoms with Crippen molar-refractivity contribution in [3.63, 3.8) is 0 Å². The number of benzene rings is 1. The average molecular weight is 344 g/mol. The number of phenols is 1. The Morgan fingerprint density at radius 1 is 1.44 bits per heavy atom. The summed E-state index contributed by atoms with van der Waals surface area (Å²) in [6, 6.07) is 5.55. The highest BCUT2D eigenvalue weighted by molar-refractivity contribution is 5.94. The number of methoxy groups -OCH3 is 1. The summed E-state index contributed by atoms with van der Waals surface area (Å²) in [5, 5.41) is 10.0. The van der Waals surface area contributed by atoms with Gasteiger partial charge in [0.2, 0.25) is 0 Å². The van der Waals surface area contributed by atoms with E-state index in [1.807, 2.05) is 12.1 Å². The van der Waals surface area contributed by atoms with Gasteiger partial charge in [-0.25, -0.2) is 0 Å². The zero-order valence-corrected chi connectivity index (χ0v) is 15.4. The molecule has 25 heavy (non-hydrogen) atoms. The Balaban J connectivity index is 1.84. The van der Waals surface area contributed by atoms with E-state index in [4.69, 9.17) is 9.47 Å². The minimum Gasteiger partial charge on any atom is -0.504 e. The molecule has 0 aromatic heterocycles. The number of fused-ring (bicyclic) bond motifs is 1. The normalized spacial score (nSPS) is 26.9. The van der Waals surface area contributed by atoms with Crippen LogP contribution in [0, 0.1) is 11.8 Å². The second kappa shape index (κ2) is 7.20. The van der Waals surface area contributed by atoms with Crippen LogP contribution in [-0.4, -0.2) is 30.2 Å². The number of ketones is 1. The van der Waals surface area contributed by atoms with Gasteiger partial charge in [0, 0.05) is 5.92 Å². The zero-order chi connectivity index (χ0) is 18.0. The summed E-state index contributed by atoms with van der Waals surface area (Å²) in [5.41, 5.74) is 1.89. The predicted molar refractivity (Wildman–Crippen MR) is 96.9 cm³/mol. The number of allylic oxidation sites excluding steroid dienone is 1. The highest BCUT2D eigenvalue weighted by Crippen LogP contribution is 2.47. The van der Waals surface area contributed by atoms with E-state index in [2.05, 4.69) is 13.8 Å². The second-order valence-corrected chi connectivity index (χ2v) is 7.36. The van der Waals surface area contributed by atoms with Crippen LogP contribution >= 0.6 is 0 Å². The summed E-state index contributed by atoms with van der Waals surface area (Å²) in [6.45, 7) is 5.01. The van der Waals surface area contributed by atoms with E-state index in [0.29, 0.717) is 12.4 Å². The molecule has 1 N–H and O–H groups in total. The van der Waals surface area contributed by atoms with Crippen LogP contribution in [0.3, 0.4) is 0 Å². The molecule has 3 atom stereocenters. The van der Waals surface area contributed by atoms with Crippen LogP contribution in [0.15, 0.2) is 29.8 Å². The molecule has 1 saturated heterocycles. The maximum atomic E-state index is 12.4. The number of ether oxygens (including phenoxy) is 2. The van der Waals surface area contributed by atoms with Gasteiger partial charge in [0.05, 0.1) is 19.3 Å². The molecule has 0 amide bonds. The third kappa shape index (κ3) is 3.32. The molecule has 4 nitrogen and oxygen atoms in total. The molecule has 1 aromatic rings. The smallest absolute Gasteiger partial charge is 0.160 e. The van der Waals surface area contributed by atoms with Crippen molar-refractivity contribution in [3.8, 4) is 11.5 Å². The Labute approximate surface area is 149 Å². The number of rotatable bonds is 6. The van der Waals surface area contributed by atoms with Crippen LogP contribution in [0.1, 0.15) is 45.1 Å². The fraction of sp³-hybridized carbons (Fsp3) is 0.571. The first-order valence-corrected chi connectivity index (χ1v) is 9.25. The Hall–Kier alpha value is -1.81. The van der Waals surface area contributed by atoms with Crippen LogP contribution < -0.4 is 4.74 Å². The quantitative estimate of drug-likeness (QED) is 0.846. The fourth-order valence-electron chi connectivity index (χ4n) is 4.42. The molecule has 4 heteroatoms. The monoisotopic (exact) mass is 344 g/mol. The van der Waals surface area contributed by atoms with Crippen molar-refractivity contribution in [3.05, 3.63) is 35.4 Å². The maximum Gasteiger partial charge on any atom is 0.160 e. The molecular weight excluding hydrogens is 316 g/mol. The minimum absolute atomic E-state index is 0.0681. The molecule has 0 saturated carbocycles. The number of carbonyl (C=O) groups excluding carboxylic acids is 1. The highest BCUT2D eigenvalue weighted by Gasteiger charge is 2.49. The van der Waals surface area contributed by atoms with Gasteiger partial charge in [0.25, 0.3) is 0 Å². The highest BCUT2D eigenvalue weighted by atomic mass is 16.5. The lowest BCUT2D eigenvalue weighted by Gasteiger charge is -2.41. The summed E-state index contributed by atoms with van der Waals surface area (Å²) < 4.78 is 11.4. The number of hydrogen-bond acceptors (Lipinski definition) is 4. The van der Waals surface area contributed by atoms with Crippen molar-refractivity contribution in [1.82, 2.24) is 0 Å². The lowest BCUT2D eigenvalue weighted by atomic mass is 9.68. The van der Waals surface area contributed by atoms with E-state index in [1.54, 1.807) is 19.2 Å². The molecule has 1 aromatic carbocycles. The Bertz CT molecular complexity index is 678. The molecule has 1 unspecified atom stereocenters. The number of aromatic hydroxyl groups is 1. The van der Waals surface area contributed by atoms with Gasteiger partial charge in [0.15, 0.2) is 17.3 Å². The molecule has 0 radical (unpaired) electrons.